The minimum atomic E-state index is -3.63. The van der Waals surface area contributed by atoms with E-state index in [0.717, 1.165) is 13.1 Å². The quantitative estimate of drug-likeness (QED) is 0.730. The van der Waals surface area contributed by atoms with Crippen molar-refractivity contribution in [3.05, 3.63) is 29.8 Å². The molecule has 1 aromatic carbocycles. The molecule has 24 heavy (non-hydrogen) atoms. The largest absolute Gasteiger partial charge is 0.495 e. The number of carbonyl (C=O) groups is 1. The number of hydrogen-bond donors (Lipinski definition) is 2. The molecule has 0 spiro atoms. The highest BCUT2D eigenvalue weighted by Crippen LogP contribution is 2.25. The second-order valence-electron chi connectivity index (χ2n) is 5.03. The third-order valence-corrected chi connectivity index (χ3v) is 5.03. The Hall–Kier alpha value is -1.61. The molecule has 0 radical (unpaired) electrons. The first-order chi connectivity index (χ1) is 11.0. The molecule has 1 heterocycles. The smallest absolute Gasteiger partial charge is 0.246 e. The first kappa shape index (κ1) is 20.4. The van der Waals surface area contributed by atoms with Gasteiger partial charge < -0.3 is 15.0 Å². The number of amides is 1. The van der Waals surface area contributed by atoms with Crippen molar-refractivity contribution in [2.75, 3.05) is 40.3 Å². The fourth-order valence-electron chi connectivity index (χ4n) is 2.28. The van der Waals surface area contributed by atoms with E-state index in [1.54, 1.807) is 23.1 Å². The zero-order valence-electron chi connectivity index (χ0n) is 13.6. The van der Waals surface area contributed by atoms with Crippen molar-refractivity contribution in [2.24, 2.45) is 0 Å². The average molecular weight is 376 g/mol. The lowest BCUT2D eigenvalue weighted by molar-refractivity contribution is -0.126. The van der Waals surface area contributed by atoms with E-state index in [1.807, 2.05) is 0 Å². The fourth-order valence-corrected chi connectivity index (χ4v) is 3.20. The number of halogens is 1. The van der Waals surface area contributed by atoms with E-state index in [0.29, 0.717) is 18.7 Å². The molecule has 7 nitrogen and oxygen atoms in total. The Balaban J connectivity index is 0.00000288. The maximum absolute atomic E-state index is 12.1. The van der Waals surface area contributed by atoms with Crippen LogP contribution >= 0.6 is 12.4 Å². The molecule has 2 N–H and O–H groups in total. The number of hydrogen-bond acceptors (Lipinski definition) is 5. The Morgan fingerprint density at radius 3 is 2.58 bits per heavy atom. The average Bonchev–Trinajstić information content (AvgIpc) is 2.60. The fraction of sp³-hybridized carbons (Fsp3) is 0.400. The zero-order valence-corrected chi connectivity index (χ0v) is 15.2. The number of rotatable bonds is 5. The second kappa shape index (κ2) is 9.03. The van der Waals surface area contributed by atoms with E-state index < -0.39 is 10.0 Å². The third-order valence-electron chi connectivity index (χ3n) is 3.59. The van der Waals surface area contributed by atoms with Gasteiger partial charge in [-0.15, -0.1) is 12.4 Å². The van der Waals surface area contributed by atoms with Crippen LogP contribution in [0.25, 0.3) is 6.08 Å². The molecule has 0 bridgehead atoms. The Kier molecular flexibility index (Phi) is 7.68. The van der Waals surface area contributed by atoms with Crippen LogP contribution in [-0.2, 0) is 14.8 Å². The van der Waals surface area contributed by atoms with Crippen LogP contribution in [0.3, 0.4) is 0 Å². The lowest BCUT2D eigenvalue weighted by Gasteiger charge is -2.26. The summed E-state index contributed by atoms with van der Waals surface area (Å²) in [5.41, 5.74) is 0.614. The van der Waals surface area contributed by atoms with Gasteiger partial charge in [0.25, 0.3) is 0 Å². The maximum Gasteiger partial charge on any atom is 0.246 e. The lowest BCUT2D eigenvalue weighted by Crippen LogP contribution is -2.45. The van der Waals surface area contributed by atoms with Gasteiger partial charge in [0, 0.05) is 32.3 Å². The van der Waals surface area contributed by atoms with Crippen LogP contribution in [-0.4, -0.2) is 59.6 Å². The molecule has 2 rings (SSSR count). The maximum atomic E-state index is 12.1. The van der Waals surface area contributed by atoms with Crippen LogP contribution in [0.4, 0.5) is 0 Å². The van der Waals surface area contributed by atoms with Crippen LogP contribution in [0.2, 0.25) is 0 Å². The summed E-state index contributed by atoms with van der Waals surface area (Å²) in [5, 5.41) is 3.18. The van der Waals surface area contributed by atoms with Gasteiger partial charge in [-0.05, 0) is 30.8 Å². The molecule has 1 aliphatic rings. The summed E-state index contributed by atoms with van der Waals surface area (Å²) >= 11 is 0. The molecule has 0 atom stereocenters. The van der Waals surface area contributed by atoms with Crippen molar-refractivity contribution in [1.29, 1.82) is 0 Å². The molecule has 1 saturated heterocycles. The predicted molar refractivity (Wildman–Crippen MR) is 95.0 cm³/mol. The second-order valence-corrected chi connectivity index (χ2v) is 6.88. The van der Waals surface area contributed by atoms with Crippen LogP contribution < -0.4 is 14.8 Å². The summed E-state index contributed by atoms with van der Waals surface area (Å²) in [6, 6.07) is 4.75. The van der Waals surface area contributed by atoms with Crippen LogP contribution in [0.15, 0.2) is 29.2 Å². The molecule has 134 valence electrons. The summed E-state index contributed by atoms with van der Waals surface area (Å²) in [6.45, 7) is 2.91. The van der Waals surface area contributed by atoms with Gasteiger partial charge in [0.05, 0.1) is 7.11 Å². The molecule has 1 aromatic rings. The normalized spacial score (nSPS) is 15.2. The molecule has 1 fully saturated rings. The van der Waals surface area contributed by atoms with E-state index in [-0.39, 0.29) is 29.0 Å². The number of nitrogens with one attached hydrogen (secondary N) is 2. The van der Waals surface area contributed by atoms with Crippen LogP contribution in [0.1, 0.15) is 5.56 Å². The molecule has 0 saturated carbocycles. The van der Waals surface area contributed by atoms with Gasteiger partial charge in [-0.3, -0.25) is 4.79 Å². The number of methoxy groups -OCH3 is 1. The highest BCUT2D eigenvalue weighted by molar-refractivity contribution is 7.89. The van der Waals surface area contributed by atoms with E-state index in [2.05, 4.69) is 10.0 Å². The number of carbonyl (C=O) groups excluding carboxylic acids is 1. The van der Waals surface area contributed by atoms with Crippen LogP contribution in [0, 0.1) is 0 Å². The molecular formula is C15H22ClN3O4S. The van der Waals surface area contributed by atoms with E-state index in [4.69, 9.17) is 4.74 Å². The van der Waals surface area contributed by atoms with Crippen molar-refractivity contribution in [2.45, 2.75) is 4.90 Å². The topological polar surface area (TPSA) is 87.7 Å². The van der Waals surface area contributed by atoms with Gasteiger partial charge in [0.2, 0.25) is 15.9 Å². The van der Waals surface area contributed by atoms with Gasteiger partial charge >= 0.3 is 0 Å². The Morgan fingerprint density at radius 1 is 1.33 bits per heavy atom. The van der Waals surface area contributed by atoms with Crippen molar-refractivity contribution in [1.82, 2.24) is 14.9 Å². The van der Waals surface area contributed by atoms with Gasteiger partial charge in [-0.25, -0.2) is 13.1 Å². The van der Waals surface area contributed by atoms with E-state index in [1.165, 1.54) is 26.3 Å². The van der Waals surface area contributed by atoms with Gasteiger partial charge in [-0.2, -0.15) is 0 Å². The number of sulfonamides is 1. The highest BCUT2D eigenvalue weighted by atomic mass is 35.5. The van der Waals surface area contributed by atoms with Gasteiger partial charge in [-0.1, -0.05) is 6.07 Å². The van der Waals surface area contributed by atoms with Gasteiger partial charge in [0.15, 0.2) is 0 Å². The first-order valence-electron chi connectivity index (χ1n) is 7.27. The Labute approximate surface area is 148 Å². The standard InChI is InChI=1S/C15H21N3O4S.ClH/c1-16-23(20,21)14-11-12(3-5-13(14)22-2)4-6-15(19)18-9-7-17-8-10-18;/h3-6,11,16-17H,7-10H2,1-2H3;1H. The summed E-state index contributed by atoms with van der Waals surface area (Å²) in [4.78, 5) is 13.9. The number of nitrogens with zero attached hydrogens (tertiary/aromatic N) is 1. The summed E-state index contributed by atoms with van der Waals surface area (Å²) in [5.74, 6) is 0.172. The Bertz CT molecular complexity index is 701. The number of benzene rings is 1. The highest BCUT2D eigenvalue weighted by Gasteiger charge is 2.18. The summed E-state index contributed by atoms with van der Waals surface area (Å²) in [6.07, 6.45) is 3.07. The van der Waals surface area contributed by atoms with E-state index >= 15 is 0 Å². The van der Waals surface area contributed by atoms with Crippen LogP contribution in [0.5, 0.6) is 5.75 Å². The molecular weight excluding hydrogens is 354 g/mol. The predicted octanol–water partition coefficient (Wildman–Crippen LogP) is 0.470. The first-order valence-corrected chi connectivity index (χ1v) is 8.75. The molecule has 1 amide bonds. The Morgan fingerprint density at radius 2 is 2.00 bits per heavy atom. The molecule has 1 aliphatic heterocycles. The SMILES string of the molecule is CNS(=O)(=O)c1cc(C=CC(=O)N2CCNCC2)ccc1OC.Cl. The summed E-state index contributed by atoms with van der Waals surface area (Å²) < 4.78 is 31.4. The van der Waals surface area contributed by atoms with Gasteiger partial charge in [0.1, 0.15) is 10.6 Å². The third kappa shape index (κ3) is 4.94. The minimum Gasteiger partial charge on any atom is -0.495 e. The summed E-state index contributed by atoms with van der Waals surface area (Å²) in [7, 11) is -0.886. The zero-order chi connectivity index (χ0) is 16.9. The van der Waals surface area contributed by atoms with Crippen molar-refractivity contribution in [3.63, 3.8) is 0 Å². The monoisotopic (exact) mass is 375 g/mol. The number of piperazine rings is 1. The minimum absolute atomic E-state index is 0. The molecule has 0 unspecified atom stereocenters. The van der Waals surface area contributed by atoms with Crippen molar-refractivity contribution >= 4 is 34.4 Å². The number of ether oxygens (including phenoxy) is 1. The van der Waals surface area contributed by atoms with E-state index in [9.17, 15) is 13.2 Å². The molecule has 9 heteroatoms. The van der Waals surface area contributed by atoms with Crippen molar-refractivity contribution < 1.29 is 17.9 Å². The lowest BCUT2D eigenvalue weighted by atomic mass is 10.2. The molecule has 0 aromatic heterocycles. The molecule has 0 aliphatic carbocycles. The van der Waals surface area contributed by atoms with Crippen molar-refractivity contribution in [3.8, 4) is 5.75 Å².